The van der Waals surface area contributed by atoms with E-state index in [1.165, 1.54) is 6.07 Å². The lowest BCUT2D eigenvalue weighted by Gasteiger charge is -2.37. The SMILES string of the molecule is Cc1ccc(C(=O)N2CCN(C(=O)C3CCCc4c(O)cccc43)CC2)cc1F. The molecule has 0 spiro atoms. The minimum absolute atomic E-state index is 0.0602. The van der Waals surface area contributed by atoms with Crippen LogP contribution in [-0.2, 0) is 11.2 Å². The molecule has 0 aromatic heterocycles. The maximum absolute atomic E-state index is 13.8. The smallest absolute Gasteiger partial charge is 0.254 e. The first kappa shape index (κ1) is 19.4. The van der Waals surface area contributed by atoms with Crippen molar-refractivity contribution in [2.75, 3.05) is 26.2 Å². The van der Waals surface area contributed by atoms with Crippen molar-refractivity contribution >= 4 is 11.8 Å². The van der Waals surface area contributed by atoms with Gasteiger partial charge in [-0.25, -0.2) is 4.39 Å². The second-order valence-electron chi connectivity index (χ2n) is 7.87. The van der Waals surface area contributed by atoms with Crippen molar-refractivity contribution in [3.8, 4) is 5.75 Å². The molecule has 1 aliphatic heterocycles. The normalized spacial score (nSPS) is 19.0. The molecule has 1 unspecified atom stereocenters. The molecule has 2 aromatic rings. The van der Waals surface area contributed by atoms with Crippen LogP contribution in [0.1, 0.15) is 45.8 Å². The zero-order valence-electron chi connectivity index (χ0n) is 16.5. The molecule has 2 aromatic carbocycles. The van der Waals surface area contributed by atoms with E-state index in [2.05, 4.69) is 0 Å². The molecule has 2 aliphatic rings. The minimum atomic E-state index is -0.385. The van der Waals surface area contributed by atoms with Gasteiger partial charge in [-0.3, -0.25) is 9.59 Å². The minimum Gasteiger partial charge on any atom is -0.508 e. The lowest BCUT2D eigenvalue weighted by atomic mass is 9.81. The number of benzene rings is 2. The van der Waals surface area contributed by atoms with E-state index in [4.69, 9.17) is 0 Å². The van der Waals surface area contributed by atoms with Crippen molar-refractivity contribution in [1.29, 1.82) is 0 Å². The molecule has 2 amide bonds. The maximum atomic E-state index is 13.8. The number of carbonyl (C=O) groups excluding carboxylic acids is 2. The van der Waals surface area contributed by atoms with Crippen LogP contribution in [-0.4, -0.2) is 52.9 Å². The maximum Gasteiger partial charge on any atom is 0.254 e. The number of phenolic OH excluding ortho intramolecular Hbond substituents is 1. The number of aromatic hydroxyl groups is 1. The Morgan fingerprint density at radius 3 is 2.52 bits per heavy atom. The zero-order valence-corrected chi connectivity index (χ0v) is 16.5. The lowest BCUT2D eigenvalue weighted by Crippen LogP contribution is -2.51. The number of phenols is 1. The van der Waals surface area contributed by atoms with Gasteiger partial charge >= 0.3 is 0 Å². The third kappa shape index (κ3) is 3.71. The lowest BCUT2D eigenvalue weighted by molar-refractivity contribution is -0.134. The predicted octanol–water partition coefficient (Wildman–Crippen LogP) is 3.24. The van der Waals surface area contributed by atoms with Crippen LogP contribution < -0.4 is 0 Å². The molecular formula is C23H25FN2O3. The van der Waals surface area contributed by atoms with Gasteiger partial charge in [0.15, 0.2) is 0 Å². The molecule has 0 radical (unpaired) electrons. The second kappa shape index (κ2) is 7.85. The molecule has 1 aliphatic carbocycles. The van der Waals surface area contributed by atoms with Crippen molar-refractivity contribution in [3.05, 3.63) is 64.5 Å². The zero-order chi connectivity index (χ0) is 20.5. The average Bonchev–Trinajstić information content (AvgIpc) is 2.75. The molecule has 0 bridgehead atoms. The van der Waals surface area contributed by atoms with E-state index in [0.29, 0.717) is 37.3 Å². The Morgan fingerprint density at radius 2 is 1.79 bits per heavy atom. The summed E-state index contributed by atoms with van der Waals surface area (Å²) in [6.45, 7) is 3.45. The van der Waals surface area contributed by atoms with Crippen molar-refractivity contribution in [3.63, 3.8) is 0 Å². The quantitative estimate of drug-likeness (QED) is 0.848. The van der Waals surface area contributed by atoms with Crippen LogP contribution in [0.2, 0.25) is 0 Å². The Balaban J connectivity index is 1.42. The van der Waals surface area contributed by atoms with E-state index >= 15 is 0 Å². The van der Waals surface area contributed by atoms with Crippen LogP contribution in [0.5, 0.6) is 5.75 Å². The van der Waals surface area contributed by atoms with Gasteiger partial charge in [0.05, 0.1) is 5.92 Å². The van der Waals surface area contributed by atoms with Crippen LogP contribution in [0.15, 0.2) is 36.4 Å². The third-order valence-corrected chi connectivity index (χ3v) is 6.08. The summed E-state index contributed by atoms with van der Waals surface area (Å²) in [6, 6.07) is 9.92. The van der Waals surface area contributed by atoms with Crippen molar-refractivity contribution < 1.29 is 19.1 Å². The van der Waals surface area contributed by atoms with Crippen LogP contribution in [0.25, 0.3) is 0 Å². The molecule has 5 nitrogen and oxygen atoms in total. The third-order valence-electron chi connectivity index (χ3n) is 6.08. The number of hydrogen-bond acceptors (Lipinski definition) is 3. The molecule has 0 saturated carbocycles. The number of carbonyl (C=O) groups is 2. The van der Waals surface area contributed by atoms with Crippen LogP contribution in [0.3, 0.4) is 0 Å². The van der Waals surface area contributed by atoms with Crippen molar-refractivity contribution in [2.24, 2.45) is 0 Å². The number of nitrogens with zero attached hydrogens (tertiary/aromatic N) is 2. The fraction of sp³-hybridized carbons (Fsp3) is 0.391. The molecule has 1 atom stereocenters. The fourth-order valence-corrected chi connectivity index (χ4v) is 4.34. The molecule has 1 N–H and O–H groups in total. The second-order valence-corrected chi connectivity index (χ2v) is 7.87. The Labute approximate surface area is 169 Å². The summed E-state index contributed by atoms with van der Waals surface area (Å²) in [7, 11) is 0. The van der Waals surface area contributed by atoms with Gasteiger partial charge in [-0.1, -0.05) is 18.2 Å². The van der Waals surface area contributed by atoms with E-state index in [1.54, 1.807) is 36.1 Å². The van der Waals surface area contributed by atoms with Gasteiger partial charge in [-0.2, -0.15) is 0 Å². The average molecular weight is 396 g/mol. The molecule has 1 heterocycles. The van der Waals surface area contributed by atoms with Gasteiger partial charge in [0.25, 0.3) is 5.91 Å². The number of hydrogen-bond donors (Lipinski definition) is 1. The molecular weight excluding hydrogens is 371 g/mol. The Morgan fingerprint density at radius 1 is 1.07 bits per heavy atom. The summed E-state index contributed by atoms with van der Waals surface area (Å²) in [5.41, 5.74) is 2.66. The van der Waals surface area contributed by atoms with Gasteiger partial charge in [0, 0.05) is 31.7 Å². The van der Waals surface area contributed by atoms with Gasteiger partial charge in [0.1, 0.15) is 11.6 Å². The van der Waals surface area contributed by atoms with Crippen LogP contribution >= 0.6 is 0 Å². The standard InChI is InChI=1S/C23H25FN2O3/c1-15-8-9-16(14-20(15)24)22(28)25-10-12-26(13-11-25)23(29)19-6-2-5-18-17(19)4-3-7-21(18)27/h3-4,7-9,14,19,27H,2,5-6,10-13H2,1H3. The first-order valence-corrected chi connectivity index (χ1v) is 10.1. The number of piperazine rings is 1. The highest BCUT2D eigenvalue weighted by atomic mass is 19.1. The monoisotopic (exact) mass is 396 g/mol. The molecule has 152 valence electrons. The van der Waals surface area contributed by atoms with Crippen LogP contribution in [0.4, 0.5) is 4.39 Å². The first-order chi connectivity index (χ1) is 14.0. The van der Waals surface area contributed by atoms with Gasteiger partial charge in [-0.15, -0.1) is 0 Å². The summed E-state index contributed by atoms with van der Waals surface area (Å²) in [5, 5.41) is 10.1. The highest BCUT2D eigenvalue weighted by Gasteiger charge is 2.33. The van der Waals surface area contributed by atoms with E-state index in [9.17, 15) is 19.1 Å². The van der Waals surface area contributed by atoms with E-state index in [1.807, 2.05) is 11.0 Å². The van der Waals surface area contributed by atoms with E-state index < -0.39 is 0 Å². The number of amides is 2. The summed E-state index contributed by atoms with van der Waals surface area (Å²) < 4.78 is 13.8. The highest BCUT2D eigenvalue weighted by molar-refractivity contribution is 5.94. The molecule has 29 heavy (non-hydrogen) atoms. The largest absolute Gasteiger partial charge is 0.508 e. The number of fused-ring (bicyclic) bond motifs is 1. The summed E-state index contributed by atoms with van der Waals surface area (Å²) in [4.78, 5) is 29.3. The topological polar surface area (TPSA) is 60.9 Å². The van der Waals surface area contributed by atoms with Crippen molar-refractivity contribution in [2.45, 2.75) is 32.1 Å². The summed E-state index contributed by atoms with van der Waals surface area (Å²) >= 11 is 0. The summed E-state index contributed by atoms with van der Waals surface area (Å²) in [5.74, 6) is -0.502. The highest BCUT2D eigenvalue weighted by Crippen LogP contribution is 2.37. The molecule has 1 saturated heterocycles. The molecule has 6 heteroatoms. The summed E-state index contributed by atoms with van der Waals surface area (Å²) in [6.07, 6.45) is 2.44. The number of rotatable bonds is 2. The predicted molar refractivity (Wildman–Crippen MR) is 107 cm³/mol. The van der Waals surface area contributed by atoms with E-state index in [0.717, 1.165) is 30.4 Å². The number of halogens is 1. The van der Waals surface area contributed by atoms with E-state index in [-0.39, 0.29) is 29.3 Å². The molecule has 4 rings (SSSR count). The van der Waals surface area contributed by atoms with Crippen molar-refractivity contribution in [1.82, 2.24) is 9.80 Å². The van der Waals surface area contributed by atoms with Crippen LogP contribution in [0, 0.1) is 12.7 Å². The van der Waals surface area contributed by atoms with Gasteiger partial charge in [-0.05, 0) is 61.1 Å². The van der Waals surface area contributed by atoms with Gasteiger partial charge < -0.3 is 14.9 Å². The Hall–Kier alpha value is -2.89. The fourth-order valence-electron chi connectivity index (χ4n) is 4.34. The first-order valence-electron chi connectivity index (χ1n) is 10.1. The molecule has 1 fully saturated rings. The Bertz CT molecular complexity index is 951. The number of aryl methyl sites for hydroxylation is 1. The van der Waals surface area contributed by atoms with Gasteiger partial charge in [0.2, 0.25) is 5.91 Å². The Kier molecular flexibility index (Phi) is 5.26.